The Bertz CT molecular complexity index is 801. The van der Waals surface area contributed by atoms with Crippen LogP contribution in [0.1, 0.15) is 6.92 Å². The van der Waals surface area contributed by atoms with Crippen molar-refractivity contribution in [3.63, 3.8) is 0 Å². The van der Waals surface area contributed by atoms with E-state index in [9.17, 15) is 19.2 Å². The molecular formula is C17H12O6. The second kappa shape index (κ2) is 5.84. The Labute approximate surface area is 131 Å². The van der Waals surface area contributed by atoms with Crippen molar-refractivity contribution >= 4 is 23.9 Å². The van der Waals surface area contributed by atoms with Crippen molar-refractivity contribution in [2.24, 2.45) is 0 Å². The van der Waals surface area contributed by atoms with Crippen molar-refractivity contribution in [2.45, 2.75) is 6.92 Å². The predicted octanol–water partition coefficient (Wildman–Crippen LogP) is 1.62. The number of hydrogen-bond donors (Lipinski definition) is 0. The summed E-state index contributed by atoms with van der Waals surface area (Å²) in [5.41, 5.74) is 0.669. The first-order valence-electron chi connectivity index (χ1n) is 6.44. The third-order valence-corrected chi connectivity index (χ3v) is 3.31. The number of hydrogen-bond acceptors (Lipinski definition) is 6. The average Bonchev–Trinajstić information content (AvgIpc) is 2.88. The summed E-state index contributed by atoms with van der Waals surface area (Å²) in [6.45, 7) is 12.2. The van der Waals surface area contributed by atoms with Gasteiger partial charge in [-0.2, -0.15) is 0 Å². The van der Waals surface area contributed by atoms with Crippen LogP contribution in [-0.4, -0.2) is 23.9 Å². The van der Waals surface area contributed by atoms with Gasteiger partial charge in [0.25, 0.3) is 0 Å². The molecule has 0 aliphatic carbocycles. The number of esters is 4. The Hall–Kier alpha value is -3.28. The molecule has 0 bridgehead atoms. The molecule has 2 rings (SSSR count). The van der Waals surface area contributed by atoms with E-state index in [1.54, 1.807) is 0 Å². The molecule has 2 aliphatic heterocycles. The highest BCUT2D eigenvalue weighted by molar-refractivity contribution is 6.18. The SMILES string of the molecule is C=CC(=C)C(=C\C1=C(C)C(=O)OC1=O)/C=C1\C(=C)C(=O)OC1=O. The van der Waals surface area contributed by atoms with Crippen LogP contribution in [0.3, 0.4) is 0 Å². The van der Waals surface area contributed by atoms with Crippen LogP contribution < -0.4 is 0 Å². The van der Waals surface area contributed by atoms with Gasteiger partial charge in [0.1, 0.15) is 0 Å². The van der Waals surface area contributed by atoms with Crippen molar-refractivity contribution in [3.8, 4) is 0 Å². The molecule has 0 N–H and O–H groups in total. The van der Waals surface area contributed by atoms with E-state index in [4.69, 9.17) is 0 Å². The number of cyclic esters (lactones) is 4. The molecule has 0 saturated carbocycles. The fourth-order valence-corrected chi connectivity index (χ4v) is 1.88. The van der Waals surface area contributed by atoms with Crippen molar-refractivity contribution in [1.82, 2.24) is 0 Å². The zero-order valence-corrected chi connectivity index (χ0v) is 12.3. The van der Waals surface area contributed by atoms with E-state index in [1.165, 1.54) is 25.2 Å². The van der Waals surface area contributed by atoms with Crippen LogP contribution in [0, 0.1) is 0 Å². The van der Waals surface area contributed by atoms with Gasteiger partial charge in [-0.25, -0.2) is 19.2 Å². The fourth-order valence-electron chi connectivity index (χ4n) is 1.88. The summed E-state index contributed by atoms with van der Waals surface area (Å²) in [5.74, 6) is -3.23. The van der Waals surface area contributed by atoms with Crippen LogP contribution >= 0.6 is 0 Å². The van der Waals surface area contributed by atoms with Gasteiger partial charge in [-0.15, -0.1) is 0 Å². The van der Waals surface area contributed by atoms with E-state index < -0.39 is 23.9 Å². The van der Waals surface area contributed by atoms with Crippen molar-refractivity contribution in [3.05, 3.63) is 71.4 Å². The van der Waals surface area contributed by atoms with Crippen LogP contribution in [0.25, 0.3) is 0 Å². The van der Waals surface area contributed by atoms with E-state index in [-0.39, 0.29) is 22.3 Å². The first kappa shape index (κ1) is 16.1. The van der Waals surface area contributed by atoms with Gasteiger partial charge in [-0.3, -0.25) is 0 Å². The van der Waals surface area contributed by atoms with Gasteiger partial charge in [-0.1, -0.05) is 25.8 Å². The molecule has 0 radical (unpaired) electrons. The molecule has 0 amide bonds. The lowest BCUT2D eigenvalue weighted by molar-refractivity contribution is -0.152. The fraction of sp³-hybridized carbons (Fsp3) is 0.0588. The quantitative estimate of drug-likeness (QED) is 0.339. The maximum Gasteiger partial charge on any atom is 0.346 e. The second-order valence-corrected chi connectivity index (χ2v) is 4.76. The lowest BCUT2D eigenvalue weighted by Crippen LogP contribution is -2.02. The smallest absolute Gasteiger partial charge is 0.346 e. The molecule has 2 heterocycles. The monoisotopic (exact) mass is 312 g/mol. The molecule has 6 heteroatoms. The van der Waals surface area contributed by atoms with Crippen molar-refractivity contribution < 1.29 is 28.7 Å². The molecular weight excluding hydrogens is 300 g/mol. The predicted molar refractivity (Wildman–Crippen MR) is 79.5 cm³/mol. The minimum atomic E-state index is -0.849. The second-order valence-electron chi connectivity index (χ2n) is 4.76. The normalized spacial score (nSPS) is 20.3. The Balaban J connectivity index is 2.56. The highest BCUT2D eigenvalue weighted by atomic mass is 16.6. The Morgan fingerprint density at radius 3 is 2.04 bits per heavy atom. The summed E-state index contributed by atoms with van der Waals surface area (Å²) in [7, 11) is 0. The molecule has 0 spiro atoms. The highest BCUT2D eigenvalue weighted by Gasteiger charge is 2.32. The van der Waals surface area contributed by atoms with Gasteiger partial charge in [-0.05, 0) is 30.2 Å². The molecule has 6 nitrogen and oxygen atoms in total. The van der Waals surface area contributed by atoms with Gasteiger partial charge in [0, 0.05) is 5.57 Å². The zero-order chi connectivity index (χ0) is 17.3. The lowest BCUT2D eigenvalue weighted by Gasteiger charge is -2.03. The summed E-state index contributed by atoms with van der Waals surface area (Å²) in [6.07, 6.45) is 4.03. The highest BCUT2D eigenvalue weighted by Crippen LogP contribution is 2.27. The van der Waals surface area contributed by atoms with Crippen molar-refractivity contribution in [1.29, 1.82) is 0 Å². The maximum atomic E-state index is 11.7. The topological polar surface area (TPSA) is 86.7 Å². The summed E-state index contributed by atoms with van der Waals surface area (Å²) in [4.78, 5) is 46.0. The van der Waals surface area contributed by atoms with Crippen molar-refractivity contribution in [2.75, 3.05) is 0 Å². The molecule has 1 saturated heterocycles. The van der Waals surface area contributed by atoms with Crippen LogP contribution in [0.2, 0.25) is 0 Å². The summed E-state index contributed by atoms with van der Waals surface area (Å²) < 4.78 is 8.94. The molecule has 0 unspecified atom stereocenters. The molecule has 1 fully saturated rings. The minimum Gasteiger partial charge on any atom is -0.386 e. The van der Waals surface area contributed by atoms with E-state index in [1.807, 2.05) is 0 Å². The Morgan fingerprint density at radius 1 is 1.00 bits per heavy atom. The van der Waals surface area contributed by atoms with E-state index >= 15 is 0 Å². The minimum absolute atomic E-state index is 0.0353. The van der Waals surface area contributed by atoms with Crippen LogP contribution in [-0.2, 0) is 28.7 Å². The van der Waals surface area contributed by atoms with Crippen LogP contribution in [0.15, 0.2) is 71.4 Å². The first-order valence-corrected chi connectivity index (χ1v) is 6.44. The number of carbonyl (C=O) groups excluding carboxylic acids is 4. The molecule has 0 aromatic carbocycles. The third kappa shape index (κ3) is 2.87. The molecule has 0 atom stereocenters. The molecule has 23 heavy (non-hydrogen) atoms. The molecule has 0 aromatic heterocycles. The van der Waals surface area contributed by atoms with Gasteiger partial charge in [0.2, 0.25) is 0 Å². The summed E-state index contributed by atoms with van der Waals surface area (Å²) in [5, 5.41) is 0. The Kier molecular flexibility index (Phi) is 4.09. The van der Waals surface area contributed by atoms with Gasteiger partial charge >= 0.3 is 23.9 Å². The van der Waals surface area contributed by atoms with Gasteiger partial charge < -0.3 is 9.47 Å². The summed E-state index contributed by atoms with van der Waals surface area (Å²) in [6, 6.07) is 0. The summed E-state index contributed by atoms with van der Waals surface area (Å²) >= 11 is 0. The number of carbonyl (C=O) groups is 4. The zero-order valence-electron chi connectivity index (χ0n) is 12.3. The largest absolute Gasteiger partial charge is 0.386 e. The number of rotatable bonds is 4. The standard InChI is InChI=1S/C17H12O6/c1-5-8(2)11(6-12-9(3)14(18)22-16(12)20)7-13-10(4)15(19)23-17(13)21/h5-7H,1-3H2,4H3/b11-7-,12-6+. The lowest BCUT2D eigenvalue weighted by atomic mass is 9.98. The Morgan fingerprint density at radius 2 is 1.61 bits per heavy atom. The van der Waals surface area contributed by atoms with Crippen LogP contribution in [0.4, 0.5) is 0 Å². The van der Waals surface area contributed by atoms with E-state index in [0.29, 0.717) is 11.1 Å². The van der Waals surface area contributed by atoms with Crippen LogP contribution in [0.5, 0.6) is 0 Å². The van der Waals surface area contributed by atoms with E-state index in [0.717, 1.165) is 0 Å². The molecule has 116 valence electrons. The van der Waals surface area contributed by atoms with Gasteiger partial charge in [0.05, 0.1) is 16.7 Å². The maximum absolute atomic E-state index is 11.7. The first-order chi connectivity index (χ1) is 10.8. The third-order valence-electron chi connectivity index (χ3n) is 3.31. The molecule has 2 aliphatic rings. The number of ether oxygens (including phenoxy) is 2. The average molecular weight is 312 g/mol. The number of allylic oxidation sites excluding steroid dienone is 4. The molecule has 0 aromatic rings. The van der Waals surface area contributed by atoms with E-state index in [2.05, 4.69) is 29.2 Å². The van der Waals surface area contributed by atoms with Gasteiger partial charge in [0.15, 0.2) is 0 Å².